The van der Waals surface area contributed by atoms with Crippen LogP contribution >= 0.6 is 34.5 Å². The topological polar surface area (TPSA) is 24.9 Å². The lowest BCUT2D eigenvalue weighted by Crippen LogP contribution is -2.23. The van der Waals surface area contributed by atoms with Gasteiger partial charge in [0.05, 0.1) is 21.8 Å². The van der Waals surface area contributed by atoms with Gasteiger partial charge in [0.1, 0.15) is 0 Å². The molecule has 1 N–H and O–H groups in total. The SMILES string of the molecule is CCCNC(c1ccc(C)s1)c1ncc(Cl)cc1Cl. The van der Waals surface area contributed by atoms with Crippen molar-refractivity contribution < 1.29 is 0 Å². The number of nitrogens with one attached hydrogen (secondary N) is 1. The minimum Gasteiger partial charge on any atom is -0.304 e. The van der Waals surface area contributed by atoms with Crippen molar-refractivity contribution in [3.05, 3.63) is 49.9 Å². The van der Waals surface area contributed by atoms with Crippen LogP contribution in [0.1, 0.15) is 34.8 Å². The summed E-state index contributed by atoms with van der Waals surface area (Å²) < 4.78 is 0. The molecule has 0 spiro atoms. The molecule has 1 atom stereocenters. The third-order valence-electron chi connectivity index (χ3n) is 2.75. The molecule has 2 rings (SSSR count). The van der Waals surface area contributed by atoms with Gasteiger partial charge in [0.25, 0.3) is 0 Å². The standard InChI is InChI=1S/C14H16Cl2N2S/c1-3-6-17-14(12-5-4-9(2)19-12)13-11(16)7-10(15)8-18-13/h4-5,7-8,14,17H,3,6H2,1-2H3. The van der Waals surface area contributed by atoms with E-state index in [9.17, 15) is 0 Å². The Morgan fingerprint density at radius 2 is 2.16 bits per heavy atom. The van der Waals surface area contributed by atoms with Gasteiger partial charge in [-0.25, -0.2) is 0 Å². The molecular weight excluding hydrogens is 299 g/mol. The molecule has 0 fully saturated rings. The van der Waals surface area contributed by atoms with E-state index in [-0.39, 0.29) is 6.04 Å². The molecule has 0 aliphatic carbocycles. The summed E-state index contributed by atoms with van der Waals surface area (Å²) in [7, 11) is 0. The first-order valence-electron chi connectivity index (χ1n) is 6.22. The lowest BCUT2D eigenvalue weighted by molar-refractivity contribution is 0.594. The third kappa shape index (κ3) is 3.69. The Morgan fingerprint density at radius 1 is 1.37 bits per heavy atom. The first kappa shape index (κ1) is 14.8. The van der Waals surface area contributed by atoms with E-state index in [4.69, 9.17) is 23.2 Å². The summed E-state index contributed by atoms with van der Waals surface area (Å²) >= 11 is 13.9. The number of thiophene rings is 1. The van der Waals surface area contributed by atoms with Crippen molar-refractivity contribution in [2.75, 3.05) is 6.54 Å². The van der Waals surface area contributed by atoms with Crippen LogP contribution in [0, 0.1) is 6.92 Å². The van der Waals surface area contributed by atoms with Crippen LogP contribution in [0.15, 0.2) is 24.4 Å². The van der Waals surface area contributed by atoms with E-state index in [1.807, 2.05) is 0 Å². The highest BCUT2D eigenvalue weighted by molar-refractivity contribution is 7.12. The third-order valence-corrected chi connectivity index (χ3v) is 4.33. The number of aromatic nitrogens is 1. The first-order valence-corrected chi connectivity index (χ1v) is 7.79. The molecule has 2 heterocycles. The minimum absolute atomic E-state index is 0.0309. The molecule has 0 aromatic carbocycles. The van der Waals surface area contributed by atoms with Gasteiger partial charge in [0.2, 0.25) is 0 Å². The van der Waals surface area contributed by atoms with E-state index in [0.717, 1.165) is 18.7 Å². The van der Waals surface area contributed by atoms with Crippen molar-refractivity contribution >= 4 is 34.5 Å². The van der Waals surface area contributed by atoms with Crippen molar-refractivity contribution in [3.63, 3.8) is 0 Å². The molecule has 0 saturated carbocycles. The summed E-state index contributed by atoms with van der Waals surface area (Å²) in [6, 6.07) is 6.01. The Hall–Kier alpha value is -0.610. The Labute approximate surface area is 127 Å². The van der Waals surface area contributed by atoms with Crippen LogP contribution < -0.4 is 5.32 Å². The predicted octanol–water partition coefficient (Wildman–Crippen LogP) is 4.85. The first-order chi connectivity index (χ1) is 9.11. The maximum Gasteiger partial charge on any atom is 0.0860 e. The summed E-state index contributed by atoms with van der Waals surface area (Å²) in [5, 5.41) is 4.66. The number of halogens is 2. The zero-order valence-corrected chi connectivity index (χ0v) is 13.2. The van der Waals surface area contributed by atoms with Crippen molar-refractivity contribution in [1.82, 2.24) is 10.3 Å². The van der Waals surface area contributed by atoms with Crippen LogP contribution in [0.25, 0.3) is 0 Å². The fraction of sp³-hybridized carbons (Fsp3) is 0.357. The number of nitrogens with zero attached hydrogens (tertiary/aromatic N) is 1. The van der Waals surface area contributed by atoms with E-state index < -0.39 is 0 Å². The number of hydrogen-bond acceptors (Lipinski definition) is 3. The van der Waals surface area contributed by atoms with E-state index in [2.05, 4.69) is 36.3 Å². The van der Waals surface area contributed by atoms with Crippen LogP contribution in [0.5, 0.6) is 0 Å². The van der Waals surface area contributed by atoms with Crippen molar-refractivity contribution in [2.24, 2.45) is 0 Å². The second kappa shape index (κ2) is 6.71. The molecular formula is C14H16Cl2N2S. The summed E-state index contributed by atoms with van der Waals surface area (Å²) in [4.78, 5) is 6.90. The fourth-order valence-corrected chi connectivity index (χ4v) is 3.31. The molecule has 0 saturated heterocycles. The van der Waals surface area contributed by atoms with Gasteiger partial charge in [-0.1, -0.05) is 30.1 Å². The van der Waals surface area contributed by atoms with Crippen molar-refractivity contribution in [1.29, 1.82) is 0 Å². The molecule has 2 aromatic rings. The van der Waals surface area contributed by atoms with Gasteiger partial charge in [-0.2, -0.15) is 0 Å². The Bertz CT molecular complexity index is 554. The van der Waals surface area contributed by atoms with Gasteiger partial charge >= 0.3 is 0 Å². The molecule has 2 aromatic heterocycles. The largest absolute Gasteiger partial charge is 0.304 e. The summed E-state index contributed by atoms with van der Waals surface area (Å²) in [5.41, 5.74) is 0.835. The molecule has 1 unspecified atom stereocenters. The normalized spacial score (nSPS) is 12.6. The zero-order valence-electron chi connectivity index (χ0n) is 10.9. The monoisotopic (exact) mass is 314 g/mol. The number of aryl methyl sites for hydroxylation is 1. The number of rotatable bonds is 5. The Kier molecular flexibility index (Phi) is 5.22. The molecule has 0 bridgehead atoms. The summed E-state index contributed by atoms with van der Waals surface area (Å²) in [5.74, 6) is 0. The molecule has 0 aliphatic heterocycles. The predicted molar refractivity (Wildman–Crippen MR) is 83.4 cm³/mol. The van der Waals surface area contributed by atoms with Gasteiger partial charge < -0.3 is 5.32 Å². The summed E-state index contributed by atoms with van der Waals surface area (Å²) in [6.45, 7) is 5.16. The quantitative estimate of drug-likeness (QED) is 0.853. The fourth-order valence-electron chi connectivity index (χ4n) is 1.87. The van der Waals surface area contributed by atoms with Crippen LogP contribution in [0.4, 0.5) is 0 Å². The van der Waals surface area contributed by atoms with Crippen LogP contribution in [0.2, 0.25) is 10.0 Å². The highest BCUT2D eigenvalue weighted by Gasteiger charge is 2.19. The lowest BCUT2D eigenvalue weighted by atomic mass is 10.1. The average Bonchev–Trinajstić information content (AvgIpc) is 2.78. The van der Waals surface area contributed by atoms with Gasteiger partial charge in [0, 0.05) is 16.0 Å². The molecule has 0 amide bonds. The van der Waals surface area contributed by atoms with Gasteiger partial charge in [-0.05, 0) is 38.1 Å². The number of pyridine rings is 1. The van der Waals surface area contributed by atoms with Crippen LogP contribution in [0.3, 0.4) is 0 Å². The van der Waals surface area contributed by atoms with Gasteiger partial charge in [-0.15, -0.1) is 11.3 Å². The van der Waals surface area contributed by atoms with E-state index >= 15 is 0 Å². The zero-order chi connectivity index (χ0) is 13.8. The highest BCUT2D eigenvalue weighted by atomic mass is 35.5. The van der Waals surface area contributed by atoms with E-state index in [1.165, 1.54) is 9.75 Å². The molecule has 19 heavy (non-hydrogen) atoms. The maximum atomic E-state index is 6.28. The van der Waals surface area contributed by atoms with Gasteiger partial charge in [-0.3, -0.25) is 4.98 Å². The number of hydrogen-bond donors (Lipinski definition) is 1. The Morgan fingerprint density at radius 3 is 2.74 bits per heavy atom. The van der Waals surface area contributed by atoms with E-state index in [0.29, 0.717) is 10.0 Å². The maximum absolute atomic E-state index is 6.28. The van der Waals surface area contributed by atoms with Crippen molar-refractivity contribution in [2.45, 2.75) is 26.3 Å². The molecule has 5 heteroatoms. The molecule has 0 aliphatic rings. The second-order valence-corrected chi connectivity index (χ2v) is 6.52. The van der Waals surface area contributed by atoms with Crippen molar-refractivity contribution in [3.8, 4) is 0 Å². The lowest BCUT2D eigenvalue weighted by Gasteiger charge is -2.18. The second-order valence-electron chi connectivity index (χ2n) is 4.36. The van der Waals surface area contributed by atoms with Gasteiger partial charge in [0.15, 0.2) is 0 Å². The molecule has 102 valence electrons. The Balaban J connectivity index is 2.36. The smallest absolute Gasteiger partial charge is 0.0860 e. The minimum atomic E-state index is 0.0309. The summed E-state index contributed by atoms with van der Waals surface area (Å²) in [6.07, 6.45) is 2.70. The highest BCUT2D eigenvalue weighted by Crippen LogP contribution is 2.32. The van der Waals surface area contributed by atoms with Crippen LogP contribution in [-0.4, -0.2) is 11.5 Å². The van der Waals surface area contributed by atoms with E-state index in [1.54, 1.807) is 23.6 Å². The van der Waals surface area contributed by atoms with Crippen LogP contribution in [-0.2, 0) is 0 Å². The average molecular weight is 315 g/mol. The molecule has 2 nitrogen and oxygen atoms in total. The molecule has 0 radical (unpaired) electrons.